The van der Waals surface area contributed by atoms with Crippen LogP contribution in [-0.4, -0.2) is 37.0 Å². The lowest BCUT2D eigenvalue weighted by Gasteiger charge is -2.49. The molecule has 3 N–H and O–H groups in total. The monoisotopic (exact) mass is 368 g/mol. The number of amides is 1. The van der Waals surface area contributed by atoms with Gasteiger partial charge < -0.3 is 20.5 Å². The molecule has 1 heterocycles. The van der Waals surface area contributed by atoms with Crippen molar-refractivity contribution in [3.63, 3.8) is 0 Å². The number of aldehydes is 1. The van der Waals surface area contributed by atoms with Crippen molar-refractivity contribution in [2.45, 2.75) is 31.2 Å². The predicted molar refractivity (Wildman–Crippen MR) is 102 cm³/mol. The number of para-hydroxylation sites is 1. The van der Waals surface area contributed by atoms with Crippen molar-refractivity contribution in [2.75, 3.05) is 13.1 Å². The predicted octanol–water partition coefficient (Wildman–Crippen LogP) is 2.03. The molecule has 1 aliphatic rings. The second-order valence-corrected chi connectivity index (χ2v) is 6.96. The molecule has 3 unspecified atom stereocenters. The number of hydrogen-bond donors (Lipinski definition) is 2. The van der Waals surface area contributed by atoms with Gasteiger partial charge in [-0.3, -0.25) is 9.59 Å². The van der Waals surface area contributed by atoms with E-state index in [0.717, 1.165) is 0 Å². The zero-order chi connectivity index (χ0) is 19.5. The van der Waals surface area contributed by atoms with Gasteiger partial charge in [0.15, 0.2) is 6.29 Å². The third-order valence-corrected chi connectivity index (χ3v) is 4.94. The molecule has 0 aliphatic carbocycles. The minimum atomic E-state index is -1.63. The zero-order valence-corrected chi connectivity index (χ0v) is 15.5. The smallest absolute Gasteiger partial charge is 0.269 e. The molecule has 0 bridgehead atoms. The molecule has 3 rings (SSSR count). The van der Waals surface area contributed by atoms with Crippen LogP contribution in [-0.2, 0) is 15.1 Å². The maximum absolute atomic E-state index is 12.9. The number of hydrogen-bond acceptors (Lipinski definition) is 5. The Balaban J connectivity index is 2.21. The summed E-state index contributed by atoms with van der Waals surface area (Å²) in [6.45, 7) is 4.74. The quantitative estimate of drug-likeness (QED) is 0.762. The number of rotatable bonds is 6. The van der Waals surface area contributed by atoms with Crippen LogP contribution in [0.4, 0.5) is 0 Å². The van der Waals surface area contributed by atoms with E-state index in [1.165, 1.54) is 0 Å². The van der Waals surface area contributed by atoms with Gasteiger partial charge in [0.25, 0.3) is 5.91 Å². The molecule has 2 aromatic rings. The Morgan fingerprint density at radius 1 is 1.26 bits per heavy atom. The molecule has 6 heteroatoms. The highest BCUT2D eigenvalue weighted by atomic mass is 16.6. The lowest BCUT2D eigenvalue weighted by atomic mass is 9.76. The first kappa shape index (κ1) is 19.1. The van der Waals surface area contributed by atoms with Crippen molar-refractivity contribution >= 4 is 12.2 Å². The molecule has 1 aliphatic heterocycles. The van der Waals surface area contributed by atoms with E-state index in [1.807, 2.05) is 25.1 Å². The Morgan fingerprint density at radius 3 is 2.56 bits per heavy atom. The first-order valence-corrected chi connectivity index (χ1v) is 8.90. The molecule has 0 spiro atoms. The Kier molecular flexibility index (Phi) is 5.30. The van der Waals surface area contributed by atoms with E-state index in [9.17, 15) is 9.59 Å². The summed E-state index contributed by atoms with van der Waals surface area (Å²) in [6.07, 6.45) is 0.549. The van der Waals surface area contributed by atoms with Crippen LogP contribution < -0.4 is 15.8 Å². The van der Waals surface area contributed by atoms with Gasteiger partial charge >= 0.3 is 0 Å². The van der Waals surface area contributed by atoms with Crippen molar-refractivity contribution in [3.05, 3.63) is 65.7 Å². The highest BCUT2D eigenvalue weighted by molar-refractivity contribution is 5.88. The molecule has 27 heavy (non-hydrogen) atoms. The summed E-state index contributed by atoms with van der Waals surface area (Å²) in [5.74, 6) is -0.411. The summed E-state index contributed by atoms with van der Waals surface area (Å²) < 4.78 is 12.5. The van der Waals surface area contributed by atoms with Gasteiger partial charge in [-0.1, -0.05) is 42.5 Å². The first-order chi connectivity index (χ1) is 12.9. The van der Waals surface area contributed by atoms with Crippen molar-refractivity contribution < 1.29 is 19.1 Å². The molecule has 1 amide bonds. The molecule has 1 saturated heterocycles. The van der Waals surface area contributed by atoms with E-state index in [2.05, 4.69) is 5.32 Å². The van der Waals surface area contributed by atoms with Gasteiger partial charge in [-0.2, -0.15) is 0 Å². The molecule has 0 aromatic heterocycles. The molecule has 0 radical (unpaired) electrons. The SMILES string of the molecule is CC1CNCC(C)(C(Oc2ccccc2C=O)(C(N)=O)c2ccccc2)O1. The van der Waals surface area contributed by atoms with Crippen LogP contribution in [0.1, 0.15) is 29.8 Å². The van der Waals surface area contributed by atoms with Gasteiger partial charge in [-0.15, -0.1) is 0 Å². The van der Waals surface area contributed by atoms with Gasteiger partial charge in [-0.05, 0) is 26.0 Å². The Morgan fingerprint density at radius 2 is 1.93 bits per heavy atom. The average Bonchev–Trinajstić information content (AvgIpc) is 2.66. The fourth-order valence-corrected chi connectivity index (χ4v) is 3.68. The van der Waals surface area contributed by atoms with E-state index in [0.29, 0.717) is 30.5 Å². The zero-order valence-electron chi connectivity index (χ0n) is 15.5. The normalized spacial score (nSPS) is 24.6. The lowest BCUT2D eigenvalue weighted by Crippen LogP contribution is -2.69. The summed E-state index contributed by atoms with van der Waals surface area (Å²) in [4.78, 5) is 24.4. The third-order valence-electron chi connectivity index (χ3n) is 4.94. The standard InChI is InChI=1S/C21H24N2O4/c1-15-12-23-14-20(2,26-15)21(19(22)25,17-9-4-3-5-10-17)27-18-11-7-6-8-16(18)13-24/h3-11,13,15,23H,12,14H2,1-2H3,(H2,22,25). The van der Waals surface area contributed by atoms with E-state index in [1.54, 1.807) is 43.3 Å². The largest absolute Gasteiger partial charge is 0.469 e. The van der Waals surface area contributed by atoms with Crippen LogP contribution in [0.15, 0.2) is 54.6 Å². The van der Waals surface area contributed by atoms with Gasteiger partial charge in [0, 0.05) is 18.7 Å². The van der Waals surface area contributed by atoms with E-state index >= 15 is 0 Å². The highest BCUT2D eigenvalue weighted by Crippen LogP contribution is 2.42. The molecule has 1 fully saturated rings. The summed E-state index contributed by atoms with van der Waals surface area (Å²) >= 11 is 0. The van der Waals surface area contributed by atoms with Crippen LogP contribution in [0.5, 0.6) is 5.75 Å². The highest BCUT2D eigenvalue weighted by Gasteiger charge is 2.59. The van der Waals surface area contributed by atoms with E-state index in [-0.39, 0.29) is 11.9 Å². The molecule has 142 valence electrons. The van der Waals surface area contributed by atoms with Gasteiger partial charge in [0.05, 0.1) is 11.7 Å². The molecule has 2 aromatic carbocycles. The Labute approximate surface area is 158 Å². The van der Waals surface area contributed by atoms with Gasteiger partial charge in [0.1, 0.15) is 11.4 Å². The van der Waals surface area contributed by atoms with E-state index in [4.69, 9.17) is 15.2 Å². The molecular weight excluding hydrogens is 344 g/mol. The molecular formula is C21H24N2O4. The third kappa shape index (κ3) is 3.34. The molecule has 0 saturated carbocycles. The second-order valence-electron chi connectivity index (χ2n) is 6.96. The number of ether oxygens (including phenoxy) is 2. The van der Waals surface area contributed by atoms with Crippen LogP contribution >= 0.6 is 0 Å². The van der Waals surface area contributed by atoms with Gasteiger partial charge in [-0.25, -0.2) is 0 Å². The lowest BCUT2D eigenvalue weighted by molar-refractivity contribution is -0.202. The fraction of sp³-hybridized carbons (Fsp3) is 0.333. The number of benzene rings is 2. The molecule has 3 atom stereocenters. The summed E-state index contributed by atoms with van der Waals surface area (Å²) in [5, 5.41) is 3.29. The van der Waals surface area contributed by atoms with Crippen molar-refractivity contribution in [1.29, 1.82) is 0 Å². The van der Waals surface area contributed by atoms with Crippen molar-refractivity contribution in [3.8, 4) is 5.75 Å². The number of nitrogens with two attached hydrogens (primary N) is 1. The van der Waals surface area contributed by atoms with E-state index < -0.39 is 17.1 Å². The number of nitrogens with one attached hydrogen (secondary N) is 1. The van der Waals surface area contributed by atoms with Crippen LogP contribution in [0, 0.1) is 0 Å². The van der Waals surface area contributed by atoms with Crippen LogP contribution in [0.2, 0.25) is 0 Å². The minimum Gasteiger partial charge on any atom is -0.469 e. The summed E-state index contributed by atoms with van der Waals surface area (Å²) in [5.41, 5.74) is 4.12. The molecule has 6 nitrogen and oxygen atoms in total. The number of primary amides is 1. The second kappa shape index (κ2) is 7.50. The Hall–Kier alpha value is -2.70. The minimum absolute atomic E-state index is 0.142. The average molecular weight is 368 g/mol. The van der Waals surface area contributed by atoms with Crippen molar-refractivity contribution in [1.82, 2.24) is 5.32 Å². The van der Waals surface area contributed by atoms with Crippen molar-refractivity contribution in [2.24, 2.45) is 5.73 Å². The van der Waals surface area contributed by atoms with Crippen LogP contribution in [0.25, 0.3) is 0 Å². The first-order valence-electron chi connectivity index (χ1n) is 8.90. The number of carbonyl (C=O) groups is 2. The van der Waals surface area contributed by atoms with Gasteiger partial charge in [0.2, 0.25) is 5.60 Å². The summed E-state index contributed by atoms with van der Waals surface area (Å²) in [6, 6.07) is 15.8. The summed E-state index contributed by atoms with van der Waals surface area (Å²) in [7, 11) is 0. The maximum Gasteiger partial charge on any atom is 0.269 e. The fourth-order valence-electron chi connectivity index (χ4n) is 3.68. The topological polar surface area (TPSA) is 90.6 Å². The maximum atomic E-state index is 12.9. The number of morpholine rings is 1. The van der Waals surface area contributed by atoms with Crippen LogP contribution in [0.3, 0.4) is 0 Å². The Bertz CT molecular complexity index is 826. The number of carbonyl (C=O) groups excluding carboxylic acids is 2.